The highest BCUT2D eigenvalue weighted by Gasteiger charge is 2.46. The zero-order chi connectivity index (χ0) is 18.5. The maximum absolute atomic E-state index is 12.0. The van der Waals surface area contributed by atoms with Gasteiger partial charge in [-0.25, -0.2) is 0 Å². The van der Waals surface area contributed by atoms with E-state index in [1.165, 1.54) is 70.6 Å². The molecule has 2 aliphatic heterocycles. The Bertz CT molecular complexity index is 479. The van der Waals surface area contributed by atoms with E-state index in [1.54, 1.807) is 0 Å². The summed E-state index contributed by atoms with van der Waals surface area (Å²) in [5.41, 5.74) is 0. The van der Waals surface area contributed by atoms with Gasteiger partial charge in [0.2, 0.25) is 0 Å². The summed E-state index contributed by atoms with van der Waals surface area (Å²) >= 11 is 0. The number of hydrogen-bond acceptors (Lipinski definition) is 4. The molecule has 0 spiro atoms. The summed E-state index contributed by atoms with van der Waals surface area (Å²) < 4.78 is 16.6. The van der Waals surface area contributed by atoms with E-state index in [4.69, 9.17) is 14.2 Å². The number of epoxide rings is 2. The topological polar surface area (TPSA) is 51.4 Å². The van der Waals surface area contributed by atoms with Crippen molar-refractivity contribution < 1.29 is 19.0 Å². The van der Waals surface area contributed by atoms with Crippen LogP contribution in [0.4, 0.5) is 0 Å². The first kappa shape index (κ1) is 19.7. The quantitative estimate of drug-likeness (QED) is 0.267. The Morgan fingerprint density at radius 2 is 1.33 bits per heavy atom. The van der Waals surface area contributed by atoms with Crippen molar-refractivity contribution in [3.63, 3.8) is 0 Å². The van der Waals surface area contributed by atoms with Gasteiger partial charge in [-0.15, -0.1) is 0 Å². The molecule has 154 valence electrons. The highest BCUT2D eigenvalue weighted by atomic mass is 16.6. The summed E-state index contributed by atoms with van der Waals surface area (Å²) in [5, 5.41) is 0. The molecule has 0 aromatic rings. The van der Waals surface area contributed by atoms with Crippen LogP contribution < -0.4 is 0 Å². The highest BCUT2D eigenvalue weighted by Crippen LogP contribution is 2.41. The van der Waals surface area contributed by atoms with Gasteiger partial charge in [-0.2, -0.15) is 0 Å². The third-order valence-corrected chi connectivity index (χ3v) is 7.20. The minimum absolute atomic E-state index is 0.0192. The molecule has 4 heteroatoms. The lowest BCUT2D eigenvalue weighted by atomic mass is 9.85. The standard InChI is InChI=1S/C23H38O4/c24-23(18-11-13-20-22(16-18)27-20)25-14-8-6-4-2-1-3-5-7-9-17-10-12-19-21(15-17)26-19/h17-22H,1-16H2. The number of unbranched alkanes of at least 4 members (excludes halogenated alkanes) is 7. The number of hydrogen-bond donors (Lipinski definition) is 0. The lowest BCUT2D eigenvalue weighted by molar-refractivity contribution is -0.149. The van der Waals surface area contributed by atoms with E-state index in [2.05, 4.69) is 0 Å². The zero-order valence-corrected chi connectivity index (χ0v) is 16.9. The summed E-state index contributed by atoms with van der Waals surface area (Å²) in [6, 6.07) is 0. The van der Waals surface area contributed by atoms with Crippen molar-refractivity contribution in [3.05, 3.63) is 0 Å². The molecule has 27 heavy (non-hydrogen) atoms. The average Bonchev–Trinajstić information content (AvgIpc) is 3.59. The molecule has 0 aromatic carbocycles. The van der Waals surface area contributed by atoms with Crippen LogP contribution in [0.15, 0.2) is 0 Å². The number of carbonyl (C=O) groups is 1. The normalized spacial score (nSPS) is 36.6. The van der Waals surface area contributed by atoms with Crippen molar-refractivity contribution in [2.45, 2.75) is 121 Å². The third kappa shape index (κ3) is 6.19. The van der Waals surface area contributed by atoms with Gasteiger partial charge < -0.3 is 14.2 Å². The molecule has 4 aliphatic rings. The van der Waals surface area contributed by atoms with Crippen molar-refractivity contribution in [1.82, 2.24) is 0 Å². The van der Waals surface area contributed by atoms with Gasteiger partial charge in [0.25, 0.3) is 0 Å². The van der Waals surface area contributed by atoms with Crippen molar-refractivity contribution in [2.75, 3.05) is 6.61 Å². The summed E-state index contributed by atoms with van der Waals surface area (Å²) in [6.07, 6.45) is 20.9. The zero-order valence-electron chi connectivity index (χ0n) is 16.9. The van der Waals surface area contributed by atoms with Crippen LogP contribution in [0.25, 0.3) is 0 Å². The first-order valence-corrected chi connectivity index (χ1v) is 11.8. The maximum atomic E-state index is 12.0. The Morgan fingerprint density at radius 1 is 0.704 bits per heavy atom. The van der Waals surface area contributed by atoms with Crippen LogP contribution in [0.1, 0.15) is 96.3 Å². The maximum Gasteiger partial charge on any atom is 0.309 e. The minimum atomic E-state index is 0.0192. The second-order valence-corrected chi connectivity index (χ2v) is 9.40. The van der Waals surface area contributed by atoms with Crippen LogP contribution >= 0.6 is 0 Å². The molecule has 6 unspecified atom stereocenters. The summed E-state index contributed by atoms with van der Waals surface area (Å²) in [6.45, 7) is 0.608. The van der Waals surface area contributed by atoms with Gasteiger partial charge in [0.05, 0.1) is 36.9 Å². The lowest BCUT2D eigenvalue weighted by Gasteiger charge is -2.18. The Hall–Kier alpha value is -0.610. The predicted octanol–water partition coefficient (Wildman–Crippen LogP) is 5.18. The van der Waals surface area contributed by atoms with Gasteiger partial charge >= 0.3 is 5.97 Å². The van der Waals surface area contributed by atoms with Crippen LogP contribution in [0.3, 0.4) is 0 Å². The van der Waals surface area contributed by atoms with Crippen LogP contribution in [0.2, 0.25) is 0 Å². The molecule has 6 atom stereocenters. The molecular formula is C23H38O4. The number of fused-ring (bicyclic) bond motifs is 2. The van der Waals surface area contributed by atoms with Gasteiger partial charge in [0.15, 0.2) is 0 Å². The van der Waals surface area contributed by atoms with Gasteiger partial charge in [-0.1, -0.05) is 51.4 Å². The molecule has 2 heterocycles. The van der Waals surface area contributed by atoms with Gasteiger partial charge in [-0.05, 0) is 50.9 Å². The Kier molecular flexibility index (Phi) is 7.10. The number of carbonyl (C=O) groups excluding carboxylic acids is 1. The summed E-state index contributed by atoms with van der Waals surface area (Å²) in [5.74, 6) is 1.06. The van der Waals surface area contributed by atoms with Crippen molar-refractivity contribution in [3.8, 4) is 0 Å². The second-order valence-electron chi connectivity index (χ2n) is 9.40. The van der Waals surface area contributed by atoms with E-state index in [0.29, 0.717) is 31.0 Å². The van der Waals surface area contributed by atoms with E-state index in [-0.39, 0.29) is 11.9 Å². The number of rotatable bonds is 12. The second kappa shape index (κ2) is 9.73. The third-order valence-electron chi connectivity index (χ3n) is 7.20. The Labute approximate surface area is 164 Å². The minimum Gasteiger partial charge on any atom is -0.465 e. The van der Waals surface area contributed by atoms with Crippen LogP contribution in [0, 0.1) is 11.8 Å². The SMILES string of the molecule is O=C(OCCCCCCCCCCC1CCC2OC2C1)C1CCC2OC2C1. The van der Waals surface area contributed by atoms with Gasteiger partial charge in [0, 0.05) is 0 Å². The molecule has 4 fully saturated rings. The van der Waals surface area contributed by atoms with Crippen LogP contribution in [-0.2, 0) is 19.0 Å². The van der Waals surface area contributed by atoms with E-state index in [9.17, 15) is 4.79 Å². The van der Waals surface area contributed by atoms with Gasteiger partial charge in [-0.3, -0.25) is 4.79 Å². The lowest BCUT2D eigenvalue weighted by Crippen LogP contribution is -2.24. The molecular weight excluding hydrogens is 340 g/mol. The fraction of sp³-hybridized carbons (Fsp3) is 0.957. The largest absolute Gasteiger partial charge is 0.465 e. The van der Waals surface area contributed by atoms with Crippen LogP contribution in [0.5, 0.6) is 0 Å². The van der Waals surface area contributed by atoms with Crippen LogP contribution in [-0.4, -0.2) is 37.0 Å². The van der Waals surface area contributed by atoms with E-state index in [0.717, 1.165) is 31.6 Å². The van der Waals surface area contributed by atoms with Crippen molar-refractivity contribution in [2.24, 2.45) is 11.8 Å². The molecule has 0 bridgehead atoms. The first-order valence-electron chi connectivity index (χ1n) is 11.8. The first-order chi connectivity index (χ1) is 13.3. The smallest absolute Gasteiger partial charge is 0.309 e. The molecule has 0 amide bonds. The Morgan fingerprint density at radius 3 is 2.04 bits per heavy atom. The summed E-state index contributed by atoms with van der Waals surface area (Å²) in [7, 11) is 0. The number of esters is 1. The monoisotopic (exact) mass is 378 g/mol. The molecule has 2 aliphatic carbocycles. The number of ether oxygens (including phenoxy) is 3. The fourth-order valence-corrected chi connectivity index (χ4v) is 5.25. The molecule has 2 saturated carbocycles. The molecule has 4 nitrogen and oxygen atoms in total. The molecule has 2 saturated heterocycles. The Balaban J connectivity index is 0.902. The fourth-order valence-electron chi connectivity index (χ4n) is 5.25. The van der Waals surface area contributed by atoms with E-state index in [1.807, 2.05) is 0 Å². The summed E-state index contributed by atoms with van der Waals surface area (Å²) in [4.78, 5) is 12.0. The van der Waals surface area contributed by atoms with E-state index >= 15 is 0 Å². The predicted molar refractivity (Wildman–Crippen MR) is 105 cm³/mol. The van der Waals surface area contributed by atoms with Crippen molar-refractivity contribution >= 4 is 5.97 Å². The van der Waals surface area contributed by atoms with Gasteiger partial charge in [0.1, 0.15) is 0 Å². The van der Waals surface area contributed by atoms with E-state index < -0.39 is 0 Å². The molecule has 0 radical (unpaired) electrons. The molecule has 0 aromatic heterocycles. The average molecular weight is 379 g/mol. The molecule has 4 rings (SSSR count). The highest BCUT2D eigenvalue weighted by molar-refractivity contribution is 5.72. The molecule has 0 N–H and O–H groups in total. The van der Waals surface area contributed by atoms with Crippen molar-refractivity contribution in [1.29, 1.82) is 0 Å².